The Kier molecular flexibility index (Phi) is 8.18. The number of hydrogen-bond donors (Lipinski definition) is 1. The first-order chi connectivity index (χ1) is 14.7. The van der Waals surface area contributed by atoms with Crippen LogP contribution in [0.15, 0.2) is 53.6 Å². The topological polar surface area (TPSA) is 38.7 Å². The molecule has 2 aliphatic rings. The molecule has 172 valence electrons. The Hall–Kier alpha value is -1.42. The minimum absolute atomic E-state index is 0.0294. The van der Waals surface area contributed by atoms with Crippen molar-refractivity contribution in [2.24, 2.45) is 17.3 Å². The number of ether oxygens (including phenoxy) is 2. The Balaban J connectivity index is 1.67. The van der Waals surface area contributed by atoms with Crippen LogP contribution in [0.1, 0.15) is 78.7 Å². The molecule has 3 heteroatoms. The molecule has 0 amide bonds. The number of allylic oxidation sites excluding steroid dienone is 2. The Bertz CT molecular complexity index is 766. The third-order valence-electron chi connectivity index (χ3n) is 7.76. The van der Waals surface area contributed by atoms with Crippen LogP contribution in [0.4, 0.5) is 0 Å². The van der Waals surface area contributed by atoms with Gasteiger partial charge in [-0.25, -0.2) is 0 Å². The van der Waals surface area contributed by atoms with Crippen molar-refractivity contribution in [2.45, 2.75) is 91.5 Å². The quantitative estimate of drug-likeness (QED) is 0.308. The van der Waals surface area contributed by atoms with Gasteiger partial charge in [-0.2, -0.15) is 0 Å². The molecule has 1 aromatic carbocycles. The predicted octanol–water partition coefficient (Wildman–Crippen LogP) is 6.82. The van der Waals surface area contributed by atoms with Crippen molar-refractivity contribution in [1.29, 1.82) is 0 Å². The first-order valence-corrected chi connectivity index (χ1v) is 12.0. The number of fused-ring (bicyclic) bond motifs is 1. The Morgan fingerprint density at radius 2 is 1.84 bits per heavy atom. The van der Waals surface area contributed by atoms with Crippen molar-refractivity contribution in [3.63, 3.8) is 0 Å². The molecule has 1 N–H and O–H groups in total. The van der Waals surface area contributed by atoms with E-state index in [0.29, 0.717) is 19.3 Å². The maximum Gasteiger partial charge on any atom is 0.147 e. The zero-order valence-corrected chi connectivity index (χ0v) is 20.2. The number of benzene rings is 1. The fourth-order valence-corrected chi connectivity index (χ4v) is 5.59. The van der Waals surface area contributed by atoms with Crippen molar-refractivity contribution >= 4 is 0 Å². The van der Waals surface area contributed by atoms with Crippen LogP contribution < -0.4 is 0 Å². The molecule has 3 rings (SSSR count). The van der Waals surface area contributed by atoms with Gasteiger partial charge in [0.2, 0.25) is 0 Å². The number of aliphatic hydroxyl groups is 1. The van der Waals surface area contributed by atoms with Gasteiger partial charge in [0.25, 0.3) is 0 Å². The maximum atomic E-state index is 11.5. The maximum absolute atomic E-state index is 11.5. The van der Waals surface area contributed by atoms with Crippen LogP contribution >= 0.6 is 0 Å². The van der Waals surface area contributed by atoms with Crippen molar-refractivity contribution < 1.29 is 14.6 Å². The van der Waals surface area contributed by atoms with E-state index in [1.54, 1.807) is 0 Å². The SMILES string of the molecule is C/C1=C\[C@H](OCOCc2ccccc2)C/C(C)=C/C[C@@]2(C)CC[C@@](O)(C(C)C)[C@@H]2CC1. The van der Waals surface area contributed by atoms with Crippen molar-refractivity contribution in [1.82, 2.24) is 0 Å². The van der Waals surface area contributed by atoms with E-state index in [0.717, 1.165) is 44.1 Å². The summed E-state index contributed by atoms with van der Waals surface area (Å²) in [7, 11) is 0. The monoisotopic (exact) mass is 426 g/mol. The minimum atomic E-state index is -0.550. The molecule has 1 aromatic rings. The fourth-order valence-electron chi connectivity index (χ4n) is 5.59. The van der Waals surface area contributed by atoms with Crippen LogP contribution in [0.25, 0.3) is 0 Å². The van der Waals surface area contributed by atoms with Crippen LogP contribution in [-0.4, -0.2) is 23.6 Å². The Morgan fingerprint density at radius 3 is 2.55 bits per heavy atom. The molecular weight excluding hydrogens is 384 g/mol. The molecule has 1 fully saturated rings. The lowest BCUT2D eigenvalue weighted by atomic mass is 9.67. The first kappa shape index (κ1) is 24.2. The summed E-state index contributed by atoms with van der Waals surface area (Å²) in [6.45, 7) is 12.0. The summed E-state index contributed by atoms with van der Waals surface area (Å²) in [6, 6.07) is 10.2. The summed E-state index contributed by atoms with van der Waals surface area (Å²) in [5.41, 5.74) is 3.49. The molecule has 0 bridgehead atoms. The average molecular weight is 427 g/mol. The Labute approximate surface area is 189 Å². The molecule has 0 aromatic heterocycles. The predicted molar refractivity (Wildman–Crippen MR) is 128 cm³/mol. The standard InChI is InChI=1S/C28H42O3/c1-21(2)28(29)16-15-27(5)14-13-23(4)18-25(17-22(3)11-12-26(27)28)31-20-30-19-24-9-7-6-8-10-24/h6-10,13,17,21,25-26,29H,11-12,14-16,18-20H2,1-5H3/b22-17+,23-13+/t25-,26+,27-,28+/m0/s1. The lowest BCUT2D eigenvalue weighted by Crippen LogP contribution is -2.43. The van der Waals surface area contributed by atoms with E-state index in [9.17, 15) is 5.11 Å². The largest absolute Gasteiger partial charge is 0.389 e. The van der Waals surface area contributed by atoms with Gasteiger partial charge in [-0.1, -0.05) is 74.4 Å². The van der Waals surface area contributed by atoms with Gasteiger partial charge in [0.05, 0.1) is 18.3 Å². The third-order valence-corrected chi connectivity index (χ3v) is 7.76. The normalized spacial score (nSPS) is 35.6. The van der Waals surface area contributed by atoms with Crippen LogP contribution in [0, 0.1) is 17.3 Å². The summed E-state index contributed by atoms with van der Waals surface area (Å²) in [5, 5.41) is 11.5. The van der Waals surface area contributed by atoms with Gasteiger partial charge in [0, 0.05) is 0 Å². The van der Waals surface area contributed by atoms with Crippen LogP contribution in [0.3, 0.4) is 0 Å². The summed E-state index contributed by atoms with van der Waals surface area (Å²) in [4.78, 5) is 0. The summed E-state index contributed by atoms with van der Waals surface area (Å²) >= 11 is 0. The van der Waals surface area contributed by atoms with E-state index < -0.39 is 5.60 Å². The molecule has 0 saturated heterocycles. The van der Waals surface area contributed by atoms with Crippen molar-refractivity contribution in [3.05, 3.63) is 59.2 Å². The molecule has 0 aliphatic heterocycles. The Morgan fingerprint density at radius 1 is 1.10 bits per heavy atom. The average Bonchev–Trinajstić information content (AvgIpc) is 2.99. The highest BCUT2D eigenvalue weighted by atomic mass is 16.7. The zero-order valence-electron chi connectivity index (χ0n) is 20.2. The van der Waals surface area contributed by atoms with Gasteiger partial charge in [-0.3, -0.25) is 0 Å². The molecule has 0 unspecified atom stereocenters. The molecule has 0 heterocycles. The van der Waals surface area contributed by atoms with E-state index in [1.165, 1.54) is 11.1 Å². The second-order valence-corrected chi connectivity index (χ2v) is 10.5. The van der Waals surface area contributed by atoms with Gasteiger partial charge in [-0.05, 0) is 75.2 Å². The smallest absolute Gasteiger partial charge is 0.147 e. The summed E-state index contributed by atoms with van der Waals surface area (Å²) in [5.74, 6) is 0.621. The lowest BCUT2D eigenvalue weighted by Gasteiger charge is -2.41. The van der Waals surface area contributed by atoms with Gasteiger partial charge in [0.15, 0.2) is 0 Å². The summed E-state index contributed by atoms with van der Waals surface area (Å²) < 4.78 is 11.9. The summed E-state index contributed by atoms with van der Waals surface area (Å²) in [6.07, 6.45) is 10.7. The minimum Gasteiger partial charge on any atom is -0.389 e. The highest BCUT2D eigenvalue weighted by Crippen LogP contribution is 2.56. The fraction of sp³-hybridized carbons (Fsp3) is 0.643. The highest BCUT2D eigenvalue weighted by molar-refractivity contribution is 5.15. The van der Waals surface area contributed by atoms with Crippen LogP contribution in [0.2, 0.25) is 0 Å². The molecule has 31 heavy (non-hydrogen) atoms. The van der Waals surface area contributed by atoms with Gasteiger partial charge in [0.1, 0.15) is 6.79 Å². The van der Waals surface area contributed by atoms with E-state index in [2.05, 4.69) is 58.9 Å². The van der Waals surface area contributed by atoms with Crippen molar-refractivity contribution in [2.75, 3.05) is 6.79 Å². The number of hydrogen-bond acceptors (Lipinski definition) is 3. The molecule has 0 radical (unpaired) electrons. The van der Waals surface area contributed by atoms with Crippen LogP contribution in [0.5, 0.6) is 0 Å². The number of rotatable bonds is 6. The third kappa shape index (κ3) is 6.09. The molecular formula is C28H42O3. The highest BCUT2D eigenvalue weighted by Gasteiger charge is 2.54. The lowest BCUT2D eigenvalue weighted by molar-refractivity contribution is -0.0820. The van der Waals surface area contributed by atoms with Crippen LogP contribution in [-0.2, 0) is 16.1 Å². The molecule has 2 aliphatic carbocycles. The van der Waals surface area contributed by atoms with E-state index in [4.69, 9.17) is 9.47 Å². The second-order valence-electron chi connectivity index (χ2n) is 10.5. The molecule has 0 spiro atoms. The van der Waals surface area contributed by atoms with E-state index >= 15 is 0 Å². The molecule has 3 nitrogen and oxygen atoms in total. The van der Waals surface area contributed by atoms with E-state index in [-0.39, 0.29) is 17.4 Å². The molecule has 4 atom stereocenters. The molecule has 1 saturated carbocycles. The first-order valence-electron chi connectivity index (χ1n) is 12.0. The van der Waals surface area contributed by atoms with Crippen molar-refractivity contribution in [3.8, 4) is 0 Å². The van der Waals surface area contributed by atoms with Gasteiger partial charge in [-0.15, -0.1) is 0 Å². The van der Waals surface area contributed by atoms with E-state index in [1.807, 2.05) is 18.2 Å². The zero-order chi connectivity index (χ0) is 22.5. The van der Waals surface area contributed by atoms with Gasteiger partial charge >= 0.3 is 0 Å². The van der Waals surface area contributed by atoms with Gasteiger partial charge < -0.3 is 14.6 Å². The second kappa shape index (κ2) is 10.5.